The van der Waals surface area contributed by atoms with E-state index in [0.717, 1.165) is 29.4 Å². The number of nitrogens with one attached hydrogen (secondary N) is 1. The van der Waals surface area contributed by atoms with Crippen molar-refractivity contribution in [2.24, 2.45) is 0 Å². The van der Waals surface area contributed by atoms with E-state index in [0.29, 0.717) is 12.2 Å². The molecule has 0 amide bonds. The molecule has 5 nitrogen and oxygen atoms in total. The summed E-state index contributed by atoms with van der Waals surface area (Å²) in [6.07, 6.45) is 2.77. The van der Waals surface area contributed by atoms with Gasteiger partial charge in [-0.2, -0.15) is 0 Å². The molecule has 116 valence electrons. The Balaban J connectivity index is 2.19. The van der Waals surface area contributed by atoms with Gasteiger partial charge in [-0.15, -0.1) is 0 Å². The Hall–Kier alpha value is -1.14. The van der Waals surface area contributed by atoms with Crippen LogP contribution < -0.4 is 5.32 Å². The summed E-state index contributed by atoms with van der Waals surface area (Å²) in [7, 11) is 0. The van der Waals surface area contributed by atoms with Crippen molar-refractivity contribution in [2.45, 2.75) is 51.7 Å². The Morgan fingerprint density at radius 1 is 1.57 bits per heavy atom. The fraction of sp³-hybridized carbons (Fsp3) is 0.600. The summed E-state index contributed by atoms with van der Waals surface area (Å²) < 4.78 is 6.69. The van der Waals surface area contributed by atoms with Crippen molar-refractivity contribution in [1.82, 2.24) is 0 Å². The summed E-state index contributed by atoms with van der Waals surface area (Å²) >= 11 is 3.49. The molecule has 6 heteroatoms. The highest BCUT2D eigenvalue weighted by atomic mass is 79.9. The lowest BCUT2D eigenvalue weighted by molar-refractivity contribution is -0.385. The maximum absolute atomic E-state index is 11.1. The van der Waals surface area contributed by atoms with Gasteiger partial charge in [-0.05, 0) is 55.1 Å². The standard InChI is InChI=1S/C15H21BrN2O3/c1-4-15(3)9-11(5-6-21-15)17-13-8-14(18(19)20)10(2)7-12(13)16/h7-8,11,17H,4-6,9H2,1-3H3. The van der Waals surface area contributed by atoms with E-state index in [2.05, 4.69) is 35.1 Å². The van der Waals surface area contributed by atoms with Gasteiger partial charge in [0.15, 0.2) is 0 Å². The number of ether oxygens (including phenoxy) is 1. The third-order valence-corrected chi connectivity index (χ3v) is 4.84. The molecule has 1 N–H and O–H groups in total. The number of nitro groups is 1. The summed E-state index contributed by atoms with van der Waals surface area (Å²) in [5.74, 6) is 0. The van der Waals surface area contributed by atoms with Crippen molar-refractivity contribution in [3.8, 4) is 0 Å². The number of benzene rings is 1. The van der Waals surface area contributed by atoms with E-state index in [1.807, 2.05) is 0 Å². The maximum Gasteiger partial charge on any atom is 0.274 e. The SMILES string of the molecule is CCC1(C)CC(Nc2cc([N+](=O)[O-])c(C)cc2Br)CCO1. The molecule has 0 saturated carbocycles. The van der Waals surface area contributed by atoms with Crippen LogP contribution in [0.1, 0.15) is 38.7 Å². The molecule has 2 atom stereocenters. The zero-order chi connectivity index (χ0) is 15.6. The highest BCUT2D eigenvalue weighted by Crippen LogP contribution is 2.34. The number of nitrogens with zero attached hydrogens (tertiary/aromatic N) is 1. The van der Waals surface area contributed by atoms with Gasteiger partial charge in [-0.25, -0.2) is 0 Å². The van der Waals surface area contributed by atoms with Crippen molar-refractivity contribution >= 4 is 27.3 Å². The van der Waals surface area contributed by atoms with E-state index in [9.17, 15) is 10.1 Å². The third kappa shape index (κ3) is 3.74. The molecule has 1 heterocycles. The Kier molecular flexibility index (Phi) is 4.88. The lowest BCUT2D eigenvalue weighted by Crippen LogP contribution is -2.41. The molecule has 0 bridgehead atoms. The molecule has 0 spiro atoms. The molecule has 2 rings (SSSR count). The van der Waals surface area contributed by atoms with E-state index in [1.165, 1.54) is 0 Å². The highest BCUT2D eigenvalue weighted by molar-refractivity contribution is 9.10. The largest absolute Gasteiger partial charge is 0.381 e. The van der Waals surface area contributed by atoms with Gasteiger partial charge in [0.2, 0.25) is 0 Å². The Morgan fingerprint density at radius 3 is 2.90 bits per heavy atom. The fourth-order valence-corrected chi connectivity index (χ4v) is 3.26. The van der Waals surface area contributed by atoms with Gasteiger partial charge >= 0.3 is 0 Å². The lowest BCUT2D eigenvalue weighted by atomic mass is 9.90. The molecule has 1 aliphatic rings. The predicted octanol–water partition coefficient (Wildman–Crippen LogP) is 4.43. The van der Waals surface area contributed by atoms with Gasteiger partial charge in [0.05, 0.1) is 16.2 Å². The van der Waals surface area contributed by atoms with Crippen LogP contribution in [0.2, 0.25) is 0 Å². The van der Waals surface area contributed by atoms with Gasteiger partial charge < -0.3 is 10.1 Å². The number of nitro benzene ring substituents is 1. The minimum Gasteiger partial charge on any atom is -0.381 e. The molecule has 1 aromatic rings. The third-order valence-electron chi connectivity index (χ3n) is 4.18. The number of hydrogen-bond donors (Lipinski definition) is 1. The first-order valence-corrected chi connectivity index (χ1v) is 7.99. The van der Waals surface area contributed by atoms with Crippen LogP contribution in [0.25, 0.3) is 0 Å². The van der Waals surface area contributed by atoms with E-state index >= 15 is 0 Å². The van der Waals surface area contributed by atoms with Gasteiger partial charge in [-0.1, -0.05) is 6.92 Å². The van der Waals surface area contributed by atoms with E-state index in [1.54, 1.807) is 19.1 Å². The predicted molar refractivity (Wildman–Crippen MR) is 86.8 cm³/mol. The first-order chi connectivity index (χ1) is 9.84. The van der Waals surface area contributed by atoms with Crippen LogP contribution in [-0.2, 0) is 4.74 Å². The van der Waals surface area contributed by atoms with E-state index in [-0.39, 0.29) is 22.3 Å². The summed E-state index contributed by atoms with van der Waals surface area (Å²) in [4.78, 5) is 10.7. The van der Waals surface area contributed by atoms with Crippen molar-refractivity contribution < 1.29 is 9.66 Å². The van der Waals surface area contributed by atoms with Gasteiger partial charge in [0, 0.05) is 28.8 Å². The topological polar surface area (TPSA) is 64.4 Å². The molecule has 0 aromatic heterocycles. The van der Waals surface area contributed by atoms with Crippen LogP contribution in [0.5, 0.6) is 0 Å². The average molecular weight is 357 g/mol. The summed E-state index contributed by atoms with van der Waals surface area (Å²) in [6, 6.07) is 3.67. The molecule has 2 unspecified atom stereocenters. The minimum absolute atomic E-state index is 0.112. The van der Waals surface area contributed by atoms with Crippen molar-refractivity contribution in [2.75, 3.05) is 11.9 Å². The van der Waals surface area contributed by atoms with E-state index < -0.39 is 0 Å². The quantitative estimate of drug-likeness (QED) is 0.640. The van der Waals surface area contributed by atoms with Crippen LogP contribution in [-0.4, -0.2) is 23.2 Å². The summed E-state index contributed by atoms with van der Waals surface area (Å²) in [6.45, 7) is 6.70. The molecule has 1 saturated heterocycles. The zero-order valence-corrected chi connectivity index (χ0v) is 14.2. The maximum atomic E-state index is 11.1. The number of rotatable bonds is 4. The molecule has 1 aromatic carbocycles. The van der Waals surface area contributed by atoms with Crippen LogP contribution in [0.3, 0.4) is 0 Å². The normalized spacial score (nSPS) is 25.6. The number of hydrogen-bond acceptors (Lipinski definition) is 4. The number of halogens is 1. The van der Waals surface area contributed by atoms with Crippen LogP contribution in [0, 0.1) is 17.0 Å². The first kappa shape index (κ1) is 16.2. The van der Waals surface area contributed by atoms with E-state index in [4.69, 9.17) is 4.74 Å². The molecule has 0 radical (unpaired) electrons. The Labute approximate surface area is 133 Å². The summed E-state index contributed by atoms with van der Waals surface area (Å²) in [5.41, 5.74) is 1.46. The first-order valence-electron chi connectivity index (χ1n) is 7.19. The van der Waals surface area contributed by atoms with Crippen LogP contribution in [0.15, 0.2) is 16.6 Å². The van der Waals surface area contributed by atoms with Crippen molar-refractivity contribution in [1.29, 1.82) is 0 Å². The molecule has 1 aliphatic heterocycles. The average Bonchev–Trinajstić information content (AvgIpc) is 2.41. The molecule has 0 aliphatic carbocycles. The Morgan fingerprint density at radius 2 is 2.29 bits per heavy atom. The molecular weight excluding hydrogens is 336 g/mol. The second kappa shape index (κ2) is 6.32. The van der Waals surface area contributed by atoms with Gasteiger partial charge in [0.25, 0.3) is 5.69 Å². The number of anilines is 1. The second-order valence-electron chi connectivity index (χ2n) is 5.86. The molecular formula is C15H21BrN2O3. The molecule has 1 fully saturated rings. The van der Waals surface area contributed by atoms with Crippen LogP contribution in [0.4, 0.5) is 11.4 Å². The monoisotopic (exact) mass is 356 g/mol. The van der Waals surface area contributed by atoms with Crippen molar-refractivity contribution in [3.63, 3.8) is 0 Å². The lowest BCUT2D eigenvalue weighted by Gasteiger charge is -2.38. The smallest absolute Gasteiger partial charge is 0.274 e. The highest BCUT2D eigenvalue weighted by Gasteiger charge is 2.32. The zero-order valence-electron chi connectivity index (χ0n) is 12.6. The van der Waals surface area contributed by atoms with Crippen LogP contribution >= 0.6 is 15.9 Å². The second-order valence-corrected chi connectivity index (χ2v) is 6.72. The minimum atomic E-state index is -0.340. The van der Waals surface area contributed by atoms with Crippen molar-refractivity contribution in [3.05, 3.63) is 32.3 Å². The van der Waals surface area contributed by atoms with Gasteiger partial charge in [-0.3, -0.25) is 10.1 Å². The molecule has 21 heavy (non-hydrogen) atoms. The fourth-order valence-electron chi connectivity index (χ4n) is 2.69. The Bertz CT molecular complexity index is 550. The summed E-state index contributed by atoms with van der Waals surface area (Å²) in [5, 5.41) is 14.5. The van der Waals surface area contributed by atoms with Gasteiger partial charge in [0.1, 0.15) is 0 Å². The number of aryl methyl sites for hydroxylation is 1.